The zero-order valence-electron chi connectivity index (χ0n) is 23.2. The molecule has 0 fully saturated rings. The summed E-state index contributed by atoms with van der Waals surface area (Å²) in [6, 6.07) is 34.8. The van der Waals surface area contributed by atoms with Crippen LogP contribution in [0.1, 0.15) is 0 Å². The van der Waals surface area contributed by atoms with Gasteiger partial charge in [0.1, 0.15) is 17.2 Å². The van der Waals surface area contributed by atoms with E-state index in [1.807, 2.05) is 54.6 Å². The average molecular weight is 597 g/mol. The molecule has 0 aliphatic heterocycles. The lowest BCUT2D eigenvalue weighted by Crippen LogP contribution is -2.26. The molecule has 10 heteroatoms. The summed E-state index contributed by atoms with van der Waals surface area (Å²) in [6.07, 6.45) is 0. The molecule has 5 rings (SSSR count). The van der Waals surface area contributed by atoms with Gasteiger partial charge in [0, 0.05) is 18.8 Å². The molecule has 5 aromatic rings. The van der Waals surface area contributed by atoms with E-state index in [9.17, 15) is 18.0 Å². The van der Waals surface area contributed by atoms with Crippen molar-refractivity contribution in [3.05, 3.63) is 121 Å². The van der Waals surface area contributed by atoms with Gasteiger partial charge >= 0.3 is 5.97 Å². The van der Waals surface area contributed by atoms with E-state index in [0.717, 1.165) is 10.8 Å². The molecular weight excluding hydrogens is 568 g/mol. The van der Waals surface area contributed by atoms with Gasteiger partial charge in [-0.15, -0.1) is 0 Å². The molecule has 0 bridgehead atoms. The number of hydrogen-bond donors (Lipinski definition) is 1. The van der Waals surface area contributed by atoms with Crippen LogP contribution in [0, 0.1) is 0 Å². The highest BCUT2D eigenvalue weighted by Crippen LogP contribution is 2.27. The molecule has 0 aliphatic carbocycles. The van der Waals surface area contributed by atoms with Gasteiger partial charge in [0.2, 0.25) is 0 Å². The van der Waals surface area contributed by atoms with Crippen LogP contribution in [-0.2, 0) is 24.3 Å². The summed E-state index contributed by atoms with van der Waals surface area (Å²) in [6.45, 7) is -0.930. The fourth-order valence-electron chi connectivity index (χ4n) is 4.17. The first-order valence-electron chi connectivity index (χ1n) is 13.3. The fraction of sp³-hybridized carbons (Fsp3) is 0.0909. The minimum Gasteiger partial charge on any atom is -0.482 e. The number of ether oxygens (including phenoxy) is 3. The largest absolute Gasteiger partial charge is 0.482 e. The van der Waals surface area contributed by atoms with Crippen LogP contribution in [0.4, 0.5) is 11.4 Å². The zero-order chi connectivity index (χ0) is 30.2. The maximum Gasteiger partial charge on any atom is 0.344 e. The van der Waals surface area contributed by atoms with Crippen LogP contribution in [-0.4, -0.2) is 40.6 Å². The quantitative estimate of drug-likeness (QED) is 0.186. The molecular formula is C33H28N2O7S. The Kier molecular flexibility index (Phi) is 8.88. The number of sulfonamides is 1. The van der Waals surface area contributed by atoms with Gasteiger partial charge in [-0.3, -0.25) is 9.10 Å². The van der Waals surface area contributed by atoms with Crippen LogP contribution in [0.5, 0.6) is 17.2 Å². The predicted octanol–water partition coefficient (Wildman–Crippen LogP) is 6.02. The molecule has 0 heterocycles. The van der Waals surface area contributed by atoms with Gasteiger partial charge < -0.3 is 19.5 Å². The number of esters is 1. The molecule has 0 saturated heterocycles. The Morgan fingerprint density at radius 2 is 1.40 bits per heavy atom. The van der Waals surface area contributed by atoms with Crippen molar-refractivity contribution in [1.82, 2.24) is 0 Å². The fourth-order valence-corrected chi connectivity index (χ4v) is 5.40. The number of fused-ring (bicyclic) bond motifs is 1. The molecule has 0 radical (unpaired) electrons. The molecule has 0 atom stereocenters. The minimum atomic E-state index is -3.80. The molecule has 1 amide bonds. The number of nitrogens with zero attached hydrogens (tertiary/aromatic N) is 1. The van der Waals surface area contributed by atoms with Crippen molar-refractivity contribution >= 4 is 44.0 Å². The molecule has 43 heavy (non-hydrogen) atoms. The van der Waals surface area contributed by atoms with Crippen molar-refractivity contribution in [2.45, 2.75) is 4.90 Å². The number of nitrogens with one attached hydrogen (secondary N) is 1. The van der Waals surface area contributed by atoms with Crippen molar-refractivity contribution < 1.29 is 32.2 Å². The topological polar surface area (TPSA) is 111 Å². The van der Waals surface area contributed by atoms with E-state index in [2.05, 4.69) is 5.32 Å². The van der Waals surface area contributed by atoms with Crippen LogP contribution >= 0.6 is 0 Å². The molecule has 0 spiro atoms. The van der Waals surface area contributed by atoms with Crippen LogP contribution in [0.15, 0.2) is 126 Å². The van der Waals surface area contributed by atoms with Crippen LogP contribution in [0.2, 0.25) is 0 Å². The van der Waals surface area contributed by atoms with E-state index < -0.39 is 35.1 Å². The van der Waals surface area contributed by atoms with Crippen molar-refractivity contribution in [3.63, 3.8) is 0 Å². The summed E-state index contributed by atoms with van der Waals surface area (Å²) in [4.78, 5) is 24.6. The number of carbonyl (C=O) groups is 2. The Morgan fingerprint density at radius 3 is 2.16 bits per heavy atom. The monoisotopic (exact) mass is 596 g/mol. The Hall–Kier alpha value is -5.35. The summed E-state index contributed by atoms with van der Waals surface area (Å²) < 4.78 is 43.8. The third kappa shape index (κ3) is 7.49. The van der Waals surface area contributed by atoms with Crippen LogP contribution < -0.4 is 19.1 Å². The lowest BCUT2D eigenvalue weighted by Gasteiger charge is -2.20. The van der Waals surface area contributed by atoms with E-state index in [-0.39, 0.29) is 4.90 Å². The summed E-state index contributed by atoms with van der Waals surface area (Å²) in [5, 5.41) is 4.43. The number of anilines is 2. The number of amides is 1. The van der Waals surface area contributed by atoms with Crippen molar-refractivity contribution in [1.29, 1.82) is 0 Å². The molecule has 9 nitrogen and oxygen atoms in total. The molecule has 0 aliphatic rings. The number of para-hydroxylation sites is 1. The molecule has 0 aromatic heterocycles. The first-order chi connectivity index (χ1) is 20.8. The lowest BCUT2D eigenvalue weighted by atomic mass is 10.1. The highest BCUT2D eigenvalue weighted by molar-refractivity contribution is 7.92. The van der Waals surface area contributed by atoms with E-state index in [1.165, 1.54) is 11.4 Å². The van der Waals surface area contributed by atoms with Crippen LogP contribution in [0.3, 0.4) is 0 Å². The predicted molar refractivity (Wildman–Crippen MR) is 164 cm³/mol. The first-order valence-corrected chi connectivity index (χ1v) is 14.7. The second-order valence-corrected chi connectivity index (χ2v) is 11.4. The lowest BCUT2D eigenvalue weighted by molar-refractivity contribution is -0.149. The number of rotatable bonds is 11. The maximum atomic E-state index is 13.2. The third-order valence-electron chi connectivity index (χ3n) is 6.40. The molecule has 218 valence electrons. The molecule has 0 saturated carbocycles. The summed E-state index contributed by atoms with van der Waals surface area (Å²) in [5.74, 6) is 0.268. The molecule has 0 unspecified atom stereocenters. The molecule has 1 N–H and O–H groups in total. The van der Waals surface area contributed by atoms with Gasteiger partial charge in [0.05, 0.1) is 10.6 Å². The normalized spacial score (nSPS) is 11.0. The summed E-state index contributed by atoms with van der Waals surface area (Å²) >= 11 is 0. The van der Waals surface area contributed by atoms with Crippen molar-refractivity contribution in [2.75, 3.05) is 29.9 Å². The Balaban J connectivity index is 1.09. The Morgan fingerprint density at radius 1 is 0.698 bits per heavy atom. The van der Waals surface area contributed by atoms with Gasteiger partial charge in [-0.05, 0) is 71.4 Å². The van der Waals surface area contributed by atoms with Gasteiger partial charge in [0.15, 0.2) is 13.2 Å². The van der Waals surface area contributed by atoms with E-state index in [1.54, 1.807) is 66.7 Å². The van der Waals surface area contributed by atoms with Gasteiger partial charge in [0.25, 0.3) is 15.9 Å². The third-order valence-corrected chi connectivity index (χ3v) is 8.18. The Bertz CT molecular complexity index is 1840. The van der Waals surface area contributed by atoms with E-state index in [0.29, 0.717) is 28.6 Å². The number of benzene rings is 5. The van der Waals surface area contributed by atoms with Crippen molar-refractivity contribution in [3.8, 4) is 17.2 Å². The second kappa shape index (κ2) is 13.1. The van der Waals surface area contributed by atoms with E-state index in [4.69, 9.17) is 14.2 Å². The Labute approximate surface area is 249 Å². The number of hydrogen-bond acceptors (Lipinski definition) is 7. The smallest absolute Gasteiger partial charge is 0.344 e. The second-order valence-electron chi connectivity index (χ2n) is 9.42. The summed E-state index contributed by atoms with van der Waals surface area (Å²) in [7, 11) is -2.34. The average Bonchev–Trinajstić information content (AvgIpc) is 3.03. The number of carbonyl (C=O) groups excluding carboxylic acids is 2. The van der Waals surface area contributed by atoms with Gasteiger partial charge in [-0.2, -0.15) is 0 Å². The maximum absolute atomic E-state index is 13.2. The van der Waals surface area contributed by atoms with Crippen molar-refractivity contribution in [2.24, 2.45) is 0 Å². The summed E-state index contributed by atoms with van der Waals surface area (Å²) in [5.41, 5.74) is 0.899. The highest BCUT2D eigenvalue weighted by Gasteiger charge is 2.22. The van der Waals surface area contributed by atoms with Gasteiger partial charge in [-0.25, -0.2) is 13.2 Å². The highest BCUT2D eigenvalue weighted by atomic mass is 32.2. The first kappa shape index (κ1) is 29.2. The van der Waals surface area contributed by atoms with Gasteiger partial charge in [-0.1, -0.05) is 54.6 Å². The molecule has 5 aromatic carbocycles. The standard InChI is InChI=1S/C33H28N2O7S/c1-35(43(38,39)31-19-14-24-8-5-6-9-25(24)20-31)27-15-17-28(18-16-27)40-23-33(37)41-22-32(36)34-26-10-7-13-30(21-26)42-29-11-3-2-4-12-29/h2-21H,22-23H2,1H3,(H,34,36). The SMILES string of the molecule is CN(c1ccc(OCC(=O)OCC(=O)Nc2cccc(Oc3ccccc3)c2)cc1)S(=O)(=O)c1ccc2ccccc2c1. The zero-order valence-corrected chi connectivity index (χ0v) is 24.0. The minimum absolute atomic E-state index is 0.175. The van der Waals surface area contributed by atoms with Crippen LogP contribution in [0.25, 0.3) is 10.8 Å². The van der Waals surface area contributed by atoms with E-state index >= 15 is 0 Å².